The van der Waals surface area contributed by atoms with E-state index < -0.39 is 0 Å². The van der Waals surface area contributed by atoms with Gasteiger partial charge in [0.05, 0.1) is 22.2 Å². The molecule has 178 valence electrons. The second-order valence-electron chi connectivity index (χ2n) is 8.24. The smallest absolute Gasteiger partial charge is 0.274 e. The van der Waals surface area contributed by atoms with Crippen molar-refractivity contribution in [1.82, 2.24) is 9.38 Å². The normalized spacial score (nSPS) is 11.9. The Morgan fingerprint density at radius 2 is 1.69 bits per heavy atom. The average molecular weight is 487 g/mol. The van der Waals surface area contributed by atoms with Crippen LogP contribution in [0.5, 0.6) is 17.2 Å². The van der Waals surface area contributed by atoms with Crippen LogP contribution in [-0.4, -0.2) is 29.2 Å². The topological polar surface area (TPSA) is 62.1 Å². The lowest BCUT2D eigenvalue weighted by Gasteiger charge is -2.14. The molecule has 7 heteroatoms. The van der Waals surface area contributed by atoms with E-state index >= 15 is 0 Å². The van der Waals surface area contributed by atoms with Crippen LogP contribution in [0, 0.1) is 13.8 Å². The lowest BCUT2D eigenvalue weighted by Crippen LogP contribution is -2.22. The standard InChI is InChI=1S/C28H26N2O4S/c1-4-32-25-16-20(10-12-24(25)34-14-13-33-23-11-9-18(2)15-19(23)3)17-26-27(31)30-22-8-6-5-7-21(22)29-28(30)35-26/h5-12,15-17H,4,13-14H2,1-3H3. The summed E-state index contributed by atoms with van der Waals surface area (Å²) in [6.45, 7) is 7.34. The molecule has 0 radical (unpaired) electrons. The molecule has 3 aromatic carbocycles. The van der Waals surface area contributed by atoms with Crippen LogP contribution in [0.25, 0.3) is 22.1 Å². The van der Waals surface area contributed by atoms with Gasteiger partial charge < -0.3 is 14.2 Å². The van der Waals surface area contributed by atoms with E-state index in [0.717, 1.165) is 27.9 Å². The summed E-state index contributed by atoms with van der Waals surface area (Å²) >= 11 is 1.38. The first kappa shape index (κ1) is 22.9. The molecule has 0 unspecified atom stereocenters. The Morgan fingerprint density at radius 3 is 2.49 bits per heavy atom. The van der Waals surface area contributed by atoms with Crippen molar-refractivity contribution < 1.29 is 14.2 Å². The average Bonchev–Trinajstić information content (AvgIpc) is 3.35. The van der Waals surface area contributed by atoms with Gasteiger partial charge in [-0.3, -0.25) is 4.79 Å². The fourth-order valence-electron chi connectivity index (χ4n) is 4.03. The van der Waals surface area contributed by atoms with Crippen molar-refractivity contribution >= 4 is 33.4 Å². The first-order valence-corrected chi connectivity index (χ1v) is 12.4. The van der Waals surface area contributed by atoms with E-state index in [0.29, 0.717) is 40.8 Å². The number of imidazole rings is 1. The van der Waals surface area contributed by atoms with Crippen molar-refractivity contribution in [2.75, 3.05) is 19.8 Å². The maximum absolute atomic E-state index is 13.1. The number of hydrogen-bond acceptors (Lipinski definition) is 6. The number of ether oxygens (including phenoxy) is 3. The van der Waals surface area contributed by atoms with E-state index in [4.69, 9.17) is 14.2 Å². The molecule has 0 amide bonds. The highest BCUT2D eigenvalue weighted by Gasteiger charge is 2.11. The largest absolute Gasteiger partial charge is 0.490 e. The molecule has 0 aliphatic heterocycles. The molecule has 6 nitrogen and oxygen atoms in total. The Kier molecular flexibility index (Phi) is 6.42. The van der Waals surface area contributed by atoms with Gasteiger partial charge in [-0.1, -0.05) is 47.2 Å². The summed E-state index contributed by atoms with van der Waals surface area (Å²) in [4.78, 5) is 18.3. The molecule has 0 atom stereocenters. The van der Waals surface area contributed by atoms with Gasteiger partial charge in [-0.15, -0.1) is 0 Å². The van der Waals surface area contributed by atoms with Crippen LogP contribution in [0.1, 0.15) is 23.6 Å². The van der Waals surface area contributed by atoms with Gasteiger partial charge in [-0.05, 0) is 68.3 Å². The predicted molar refractivity (Wildman–Crippen MR) is 140 cm³/mol. The summed E-state index contributed by atoms with van der Waals surface area (Å²) in [5.41, 5.74) is 4.75. The minimum absolute atomic E-state index is 0.0689. The number of thiazole rings is 1. The third kappa shape index (κ3) is 4.72. The minimum atomic E-state index is -0.0689. The van der Waals surface area contributed by atoms with Gasteiger partial charge >= 0.3 is 0 Å². The monoisotopic (exact) mass is 486 g/mol. The van der Waals surface area contributed by atoms with Crippen molar-refractivity contribution in [2.45, 2.75) is 20.8 Å². The zero-order valence-corrected chi connectivity index (χ0v) is 20.7. The highest BCUT2D eigenvalue weighted by molar-refractivity contribution is 7.15. The number of aryl methyl sites for hydroxylation is 2. The van der Waals surface area contributed by atoms with Crippen LogP contribution >= 0.6 is 11.3 Å². The van der Waals surface area contributed by atoms with Gasteiger partial charge in [0.2, 0.25) is 0 Å². The molecular formula is C28H26N2O4S. The Balaban J connectivity index is 1.35. The lowest BCUT2D eigenvalue weighted by molar-refractivity contribution is 0.207. The summed E-state index contributed by atoms with van der Waals surface area (Å²) in [5, 5.41) is 0. The second-order valence-corrected chi connectivity index (χ2v) is 9.25. The van der Waals surface area contributed by atoms with Crippen molar-refractivity contribution in [2.24, 2.45) is 0 Å². The molecule has 0 fully saturated rings. The van der Waals surface area contributed by atoms with Gasteiger partial charge in [0, 0.05) is 0 Å². The number of hydrogen-bond donors (Lipinski definition) is 0. The van der Waals surface area contributed by atoms with Gasteiger partial charge in [0.25, 0.3) is 5.56 Å². The molecule has 0 saturated carbocycles. The molecule has 2 heterocycles. The highest BCUT2D eigenvalue weighted by Crippen LogP contribution is 2.29. The van der Waals surface area contributed by atoms with Crippen molar-refractivity contribution in [3.05, 3.63) is 92.2 Å². The van der Waals surface area contributed by atoms with Crippen molar-refractivity contribution in [3.8, 4) is 17.2 Å². The SMILES string of the molecule is CCOc1cc(C=c2sc3nc4ccccc4n3c2=O)ccc1OCCOc1ccc(C)cc1C. The zero-order valence-electron chi connectivity index (χ0n) is 19.9. The third-order valence-corrected chi connectivity index (χ3v) is 6.61. The fourth-order valence-corrected chi connectivity index (χ4v) is 5.02. The minimum Gasteiger partial charge on any atom is -0.490 e. The number of para-hydroxylation sites is 2. The summed E-state index contributed by atoms with van der Waals surface area (Å²) in [5.74, 6) is 2.13. The van der Waals surface area contributed by atoms with Crippen LogP contribution in [0.4, 0.5) is 0 Å². The lowest BCUT2D eigenvalue weighted by atomic mass is 10.1. The zero-order chi connectivity index (χ0) is 24.4. The Hall–Kier alpha value is -3.84. The van der Waals surface area contributed by atoms with Crippen LogP contribution in [-0.2, 0) is 0 Å². The van der Waals surface area contributed by atoms with Crippen LogP contribution in [0.15, 0.2) is 65.5 Å². The number of aromatic nitrogens is 2. The molecule has 5 rings (SSSR count). The highest BCUT2D eigenvalue weighted by atomic mass is 32.1. The van der Waals surface area contributed by atoms with Gasteiger partial charge in [0.1, 0.15) is 19.0 Å². The Labute approximate surface area is 207 Å². The van der Waals surface area contributed by atoms with Gasteiger partial charge in [-0.25, -0.2) is 9.38 Å². The first-order valence-electron chi connectivity index (χ1n) is 11.5. The first-order chi connectivity index (χ1) is 17.0. The van der Waals surface area contributed by atoms with E-state index in [-0.39, 0.29) is 5.56 Å². The summed E-state index contributed by atoms with van der Waals surface area (Å²) in [6.07, 6.45) is 1.87. The molecular weight excluding hydrogens is 460 g/mol. The third-order valence-electron chi connectivity index (χ3n) is 5.64. The van der Waals surface area contributed by atoms with E-state index in [1.165, 1.54) is 16.9 Å². The summed E-state index contributed by atoms with van der Waals surface area (Å²) in [7, 11) is 0. The van der Waals surface area contributed by atoms with Crippen LogP contribution in [0.3, 0.4) is 0 Å². The van der Waals surface area contributed by atoms with Gasteiger partial charge in [0.15, 0.2) is 16.5 Å². The van der Waals surface area contributed by atoms with Crippen LogP contribution < -0.4 is 24.3 Å². The van der Waals surface area contributed by atoms with E-state index in [2.05, 4.69) is 18.0 Å². The van der Waals surface area contributed by atoms with E-state index in [1.54, 1.807) is 4.40 Å². The van der Waals surface area contributed by atoms with E-state index in [1.807, 2.05) is 74.5 Å². The Bertz CT molecular complexity index is 1620. The maximum Gasteiger partial charge on any atom is 0.274 e. The molecule has 0 spiro atoms. The molecule has 0 saturated heterocycles. The molecule has 5 aromatic rings. The summed E-state index contributed by atoms with van der Waals surface area (Å²) < 4.78 is 19.9. The van der Waals surface area contributed by atoms with E-state index in [9.17, 15) is 4.79 Å². The summed E-state index contributed by atoms with van der Waals surface area (Å²) in [6, 6.07) is 19.5. The van der Waals surface area contributed by atoms with Crippen LogP contribution in [0.2, 0.25) is 0 Å². The van der Waals surface area contributed by atoms with Gasteiger partial charge in [-0.2, -0.15) is 0 Å². The molecule has 35 heavy (non-hydrogen) atoms. The number of nitrogens with zero attached hydrogens (tertiary/aromatic N) is 2. The molecule has 2 aromatic heterocycles. The maximum atomic E-state index is 13.1. The predicted octanol–water partition coefficient (Wildman–Crippen LogP) is 4.93. The quantitative estimate of drug-likeness (QED) is 0.291. The Morgan fingerprint density at radius 1 is 0.914 bits per heavy atom. The molecule has 0 aliphatic rings. The number of benzene rings is 3. The molecule has 0 bridgehead atoms. The molecule has 0 aliphatic carbocycles. The second kappa shape index (κ2) is 9.80. The molecule has 0 N–H and O–H groups in total. The number of rotatable bonds is 8. The van der Waals surface area contributed by atoms with Crippen molar-refractivity contribution in [3.63, 3.8) is 0 Å². The van der Waals surface area contributed by atoms with Crippen molar-refractivity contribution in [1.29, 1.82) is 0 Å². The number of fused-ring (bicyclic) bond motifs is 3. The fraction of sp³-hybridized carbons (Fsp3) is 0.214.